The van der Waals surface area contributed by atoms with Gasteiger partial charge >= 0.3 is 0 Å². The van der Waals surface area contributed by atoms with Crippen molar-refractivity contribution in [2.24, 2.45) is 0 Å². The number of hydrogen-bond acceptors (Lipinski definition) is 3. The number of nitrogens with one attached hydrogen (secondary N) is 1. The maximum absolute atomic E-state index is 10.9. The van der Waals surface area contributed by atoms with Gasteiger partial charge in [-0.3, -0.25) is 14.9 Å². The molecule has 0 saturated carbocycles. The summed E-state index contributed by atoms with van der Waals surface area (Å²) in [4.78, 5) is 20.9. The molecule has 1 rings (SSSR count). The fourth-order valence-corrected chi connectivity index (χ4v) is 1.76. The molecule has 86 valence electrons. The largest absolute Gasteiger partial charge is 0.349 e. The van der Waals surface area contributed by atoms with Crippen LogP contribution >= 0.6 is 15.9 Å². The quantitative estimate of drug-likeness (QED) is 0.525. The third-order valence-electron chi connectivity index (χ3n) is 2.25. The van der Waals surface area contributed by atoms with E-state index in [0.29, 0.717) is 16.4 Å². The maximum atomic E-state index is 10.9. The highest BCUT2D eigenvalue weighted by atomic mass is 79.9. The monoisotopic (exact) mass is 286 g/mol. The van der Waals surface area contributed by atoms with Crippen LogP contribution in [0, 0.1) is 10.1 Å². The lowest BCUT2D eigenvalue weighted by molar-refractivity contribution is -0.386. The third-order valence-corrected chi connectivity index (χ3v) is 2.74. The number of halogens is 1. The number of rotatable bonds is 4. The molecule has 0 atom stereocenters. The average Bonchev–Trinajstić information content (AvgIpc) is 2.16. The molecule has 0 spiro atoms. The first-order valence-electron chi connectivity index (χ1n) is 4.54. The van der Waals surface area contributed by atoms with Gasteiger partial charge in [0.2, 0.25) is 6.41 Å². The first-order chi connectivity index (χ1) is 7.38. The van der Waals surface area contributed by atoms with Crippen molar-refractivity contribution in [2.75, 3.05) is 0 Å². The lowest BCUT2D eigenvalue weighted by Crippen LogP contribution is -2.35. The van der Waals surface area contributed by atoms with Crippen molar-refractivity contribution in [3.05, 3.63) is 38.3 Å². The molecule has 0 unspecified atom stereocenters. The van der Waals surface area contributed by atoms with Crippen LogP contribution in [-0.4, -0.2) is 11.3 Å². The summed E-state index contributed by atoms with van der Waals surface area (Å²) >= 11 is 3.18. The van der Waals surface area contributed by atoms with E-state index in [0.717, 1.165) is 0 Å². The number of benzene rings is 1. The van der Waals surface area contributed by atoms with Crippen LogP contribution in [0.5, 0.6) is 0 Å². The fourth-order valence-electron chi connectivity index (χ4n) is 1.41. The molecule has 0 aliphatic rings. The number of nitro groups is 1. The molecule has 0 aromatic heterocycles. The number of carbonyl (C=O) groups is 1. The zero-order valence-corrected chi connectivity index (χ0v) is 10.4. The van der Waals surface area contributed by atoms with E-state index in [1.807, 2.05) is 0 Å². The molecule has 1 aromatic carbocycles. The van der Waals surface area contributed by atoms with Crippen molar-refractivity contribution in [1.82, 2.24) is 5.32 Å². The molecule has 0 aliphatic heterocycles. The summed E-state index contributed by atoms with van der Waals surface area (Å²) < 4.78 is 0.629. The van der Waals surface area contributed by atoms with Gasteiger partial charge in [-0.15, -0.1) is 0 Å². The van der Waals surface area contributed by atoms with E-state index in [1.54, 1.807) is 26.0 Å². The minimum atomic E-state index is -0.773. The van der Waals surface area contributed by atoms with Gasteiger partial charge in [-0.05, 0) is 26.0 Å². The van der Waals surface area contributed by atoms with Crippen LogP contribution in [0.2, 0.25) is 0 Å². The molecule has 5 nitrogen and oxygen atoms in total. The Kier molecular flexibility index (Phi) is 3.64. The molecule has 0 saturated heterocycles. The molecule has 0 bridgehead atoms. The summed E-state index contributed by atoms with van der Waals surface area (Å²) in [5, 5.41) is 13.4. The molecule has 16 heavy (non-hydrogen) atoms. The lowest BCUT2D eigenvalue weighted by Gasteiger charge is -2.24. The number of hydrogen-bond donors (Lipinski definition) is 1. The van der Waals surface area contributed by atoms with Gasteiger partial charge in [0, 0.05) is 10.5 Å². The van der Waals surface area contributed by atoms with Crippen LogP contribution in [0.3, 0.4) is 0 Å². The minimum Gasteiger partial charge on any atom is -0.349 e. The zero-order valence-electron chi connectivity index (χ0n) is 8.86. The molecule has 1 amide bonds. The van der Waals surface area contributed by atoms with E-state index in [9.17, 15) is 14.9 Å². The summed E-state index contributed by atoms with van der Waals surface area (Å²) in [7, 11) is 0. The molecule has 0 aliphatic carbocycles. The van der Waals surface area contributed by atoms with E-state index in [1.165, 1.54) is 6.07 Å². The summed E-state index contributed by atoms with van der Waals surface area (Å²) in [6.45, 7) is 3.41. The molecule has 1 N–H and O–H groups in total. The summed E-state index contributed by atoms with van der Waals surface area (Å²) in [6.07, 6.45) is 0.534. The Morgan fingerprint density at radius 1 is 1.50 bits per heavy atom. The molecule has 1 aromatic rings. The first-order valence-corrected chi connectivity index (χ1v) is 5.33. The molecular weight excluding hydrogens is 276 g/mol. The van der Waals surface area contributed by atoms with Crippen molar-refractivity contribution in [3.63, 3.8) is 0 Å². The second-order valence-corrected chi connectivity index (χ2v) is 4.72. The van der Waals surface area contributed by atoms with E-state index in [4.69, 9.17) is 0 Å². The topological polar surface area (TPSA) is 72.2 Å². The van der Waals surface area contributed by atoms with E-state index in [-0.39, 0.29) is 5.69 Å². The van der Waals surface area contributed by atoms with Gasteiger partial charge < -0.3 is 5.32 Å². The van der Waals surface area contributed by atoms with Crippen LogP contribution < -0.4 is 5.32 Å². The van der Waals surface area contributed by atoms with Crippen molar-refractivity contribution in [2.45, 2.75) is 19.4 Å². The third kappa shape index (κ3) is 2.57. The van der Waals surface area contributed by atoms with Crippen LogP contribution in [0.4, 0.5) is 5.69 Å². The van der Waals surface area contributed by atoms with Gasteiger partial charge in [0.1, 0.15) is 0 Å². The molecule has 0 radical (unpaired) electrons. The molecular formula is C10H11BrN2O3. The van der Waals surface area contributed by atoms with Gasteiger partial charge in [-0.2, -0.15) is 0 Å². The zero-order chi connectivity index (χ0) is 12.3. The predicted molar refractivity (Wildman–Crippen MR) is 63.0 cm³/mol. The highest BCUT2D eigenvalue weighted by Crippen LogP contribution is 2.31. The second-order valence-electron chi connectivity index (χ2n) is 3.81. The average molecular weight is 287 g/mol. The van der Waals surface area contributed by atoms with Crippen molar-refractivity contribution >= 4 is 28.0 Å². The van der Waals surface area contributed by atoms with Gasteiger partial charge in [0.15, 0.2) is 0 Å². The van der Waals surface area contributed by atoms with E-state index < -0.39 is 10.5 Å². The highest BCUT2D eigenvalue weighted by molar-refractivity contribution is 9.10. The van der Waals surface area contributed by atoms with E-state index >= 15 is 0 Å². The normalized spacial score (nSPS) is 10.9. The molecule has 6 heteroatoms. The maximum Gasteiger partial charge on any atom is 0.276 e. The Morgan fingerprint density at radius 3 is 2.62 bits per heavy atom. The van der Waals surface area contributed by atoms with Crippen molar-refractivity contribution in [3.8, 4) is 0 Å². The SMILES string of the molecule is CC(C)(NC=O)c1ccc(Br)cc1[N+](=O)[O-]. The van der Waals surface area contributed by atoms with E-state index in [2.05, 4.69) is 21.2 Å². The molecule has 0 heterocycles. The Balaban J connectivity index is 3.32. The van der Waals surface area contributed by atoms with Crippen molar-refractivity contribution < 1.29 is 9.72 Å². The number of nitrogens with zero attached hydrogens (tertiary/aromatic N) is 1. The van der Waals surface area contributed by atoms with Gasteiger partial charge in [-0.1, -0.05) is 15.9 Å². The molecule has 0 fully saturated rings. The Bertz CT molecular complexity index is 432. The summed E-state index contributed by atoms with van der Waals surface area (Å²) in [5.41, 5.74) is -0.327. The summed E-state index contributed by atoms with van der Waals surface area (Å²) in [5.74, 6) is 0. The smallest absolute Gasteiger partial charge is 0.276 e. The lowest BCUT2D eigenvalue weighted by atomic mass is 9.93. The fraction of sp³-hybridized carbons (Fsp3) is 0.300. The van der Waals surface area contributed by atoms with Gasteiger partial charge in [-0.25, -0.2) is 0 Å². The van der Waals surface area contributed by atoms with Crippen LogP contribution in [0.25, 0.3) is 0 Å². The number of carbonyl (C=O) groups excluding carboxylic acids is 1. The number of amides is 1. The van der Waals surface area contributed by atoms with Crippen LogP contribution in [0.15, 0.2) is 22.7 Å². The number of nitro benzene ring substituents is 1. The standard InChI is InChI=1S/C10H11BrN2O3/c1-10(2,12-6-14)8-4-3-7(11)5-9(8)13(15)16/h3-6H,1-2H3,(H,12,14). The highest BCUT2D eigenvalue weighted by Gasteiger charge is 2.28. The minimum absolute atomic E-state index is 0.0197. The van der Waals surface area contributed by atoms with Gasteiger partial charge in [0.05, 0.1) is 16.0 Å². The predicted octanol–water partition coefficient (Wildman–Crippen LogP) is 2.34. The Labute approximate surface area is 101 Å². The summed E-state index contributed by atoms with van der Waals surface area (Å²) in [6, 6.07) is 4.75. The van der Waals surface area contributed by atoms with Crippen molar-refractivity contribution in [1.29, 1.82) is 0 Å². The van der Waals surface area contributed by atoms with Crippen LogP contribution in [-0.2, 0) is 10.3 Å². The Morgan fingerprint density at radius 2 is 2.12 bits per heavy atom. The Hall–Kier alpha value is -1.43. The van der Waals surface area contributed by atoms with Gasteiger partial charge in [0.25, 0.3) is 5.69 Å². The second kappa shape index (κ2) is 4.61. The van der Waals surface area contributed by atoms with Crippen LogP contribution in [0.1, 0.15) is 19.4 Å². The first kappa shape index (κ1) is 12.6.